The molecule has 1 aliphatic heterocycles. The Hall–Kier alpha value is -5.39. The van der Waals surface area contributed by atoms with E-state index in [1.54, 1.807) is 48.3 Å². The van der Waals surface area contributed by atoms with E-state index in [1.165, 1.54) is 0 Å². The predicted octanol–water partition coefficient (Wildman–Crippen LogP) is 4.04. The normalized spacial score (nSPS) is 19.8. The predicted molar refractivity (Wildman–Crippen MR) is 202 cm³/mol. The van der Waals surface area contributed by atoms with Gasteiger partial charge >= 0.3 is 0 Å². The Bertz CT molecular complexity index is 1640. The first kappa shape index (κ1) is 40.4. The maximum atomic E-state index is 13.9. The Morgan fingerprint density at radius 3 is 2.26 bits per heavy atom. The summed E-state index contributed by atoms with van der Waals surface area (Å²) >= 11 is 0. The fraction of sp³-hybridized carbons (Fsp3) is 0.439. The topological polar surface area (TPSA) is 155 Å². The fourth-order valence-electron chi connectivity index (χ4n) is 6.03. The smallest absolute Gasteiger partial charge is 0.255 e. The van der Waals surface area contributed by atoms with Gasteiger partial charge in [0.2, 0.25) is 23.6 Å². The zero-order chi connectivity index (χ0) is 38.0. The fourth-order valence-corrected chi connectivity index (χ4v) is 6.03. The molecule has 3 atom stereocenters. The number of likely N-dealkylation sites (N-methyl/N-ethyl adjacent to an activating group) is 1. The van der Waals surface area contributed by atoms with Crippen molar-refractivity contribution in [2.75, 3.05) is 33.4 Å². The Balaban J connectivity index is 1.59. The van der Waals surface area contributed by atoms with Crippen LogP contribution in [0.5, 0.6) is 11.5 Å². The Morgan fingerprint density at radius 2 is 1.53 bits per heavy atom. The molecule has 0 aliphatic carbocycles. The van der Waals surface area contributed by atoms with Crippen LogP contribution in [0.4, 0.5) is 0 Å². The van der Waals surface area contributed by atoms with Crippen molar-refractivity contribution in [3.05, 3.63) is 96.1 Å². The number of carbonyl (C=O) groups is 5. The van der Waals surface area contributed by atoms with Crippen LogP contribution in [0.15, 0.2) is 84.9 Å². The van der Waals surface area contributed by atoms with Crippen LogP contribution in [0.1, 0.15) is 68.3 Å². The average Bonchev–Trinajstić information content (AvgIpc) is 3.15. The first-order valence-electron chi connectivity index (χ1n) is 18.5. The van der Waals surface area contributed by atoms with Crippen LogP contribution in [0, 0.1) is 5.92 Å². The third kappa shape index (κ3) is 13.6. The Labute approximate surface area is 312 Å². The number of benzene rings is 3. The second-order valence-electron chi connectivity index (χ2n) is 13.7. The van der Waals surface area contributed by atoms with Crippen LogP contribution in [0.25, 0.3) is 0 Å². The summed E-state index contributed by atoms with van der Waals surface area (Å²) in [5.41, 5.74) is 1.02. The van der Waals surface area contributed by atoms with Crippen LogP contribution < -0.4 is 30.7 Å². The van der Waals surface area contributed by atoms with Crippen molar-refractivity contribution >= 4 is 29.5 Å². The van der Waals surface area contributed by atoms with Gasteiger partial charge in [-0.2, -0.15) is 0 Å². The quantitative estimate of drug-likeness (QED) is 0.243. The zero-order valence-corrected chi connectivity index (χ0v) is 31.0. The van der Waals surface area contributed by atoms with E-state index >= 15 is 0 Å². The Morgan fingerprint density at radius 1 is 0.849 bits per heavy atom. The molecule has 4 N–H and O–H groups in total. The van der Waals surface area contributed by atoms with E-state index in [4.69, 9.17) is 9.47 Å². The van der Waals surface area contributed by atoms with Gasteiger partial charge in [0.1, 0.15) is 36.2 Å². The summed E-state index contributed by atoms with van der Waals surface area (Å²) < 4.78 is 11.7. The molecule has 4 rings (SSSR count). The molecular formula is C41H53N5O7. The number of para-hydroxylation sites is 2. The zero-order valence-electron chi connectivity index (χ0n) is 31.0. The molecule has 0 fully saturated rings. The molecule has 284 valence electrons. The highest BCUT2D eigenvalue weighted by atomic mass is 16.5. The second kappa shape index (κ2) is 21.2. The van der Waals surface area contributed by atoms with E-state index in [0.29, 0.717) is 31.1 Å². The van der Waals surface area contributed by atoms with Crippen LogP contribution in [0.3, 0.4) is 0 Å². The summed E-state index contributed by atoms with van der Waals surface area (Å²) in [6.07, 6.45) is 3.33. The molecule has 1 aliphatic rings. The van der Waals surface area contributed by atoms with E-state index in [1.807, 2.05) is 62.4 Å². The highest BCUT2D eigenvalue weighted by molar-refractivity contribution is 6.01. The first-order chi connectivity index (χ1) is 25.6. The molecule has 5 amide bonds. The number of hydrogen-bond donors (Lipinski definition) is 4. The van der Waals surface area contributed by atoms with Crippen LogP contribution >= 0.6 is 0 Å². The SMILES string of the molecule is CC(C)C[C@@H]1NC(=O)[C@H](Cc2ccccc2)NC(=O)C[C@@H](C(=O)NCCOc2ccccc2)NC(=O)c2ccccc2OCCCCCCN(C)C1=O. The molecule has 0 radical (unpaired) electrons. The number of hydrogen-bond acceptors (Lipinski definition) is 7. The van der Waals surface area contributed by atoms with Gasteiger partial charge in [0, 0.05) is 20.0 Å². The van der Waals surface area contributed by atoms with Crippen molar-refractivity contribution in [3.8, 4) is 11.5 Å². The van der Waals surface area contributed by atoms with E-state index in [2.05, 4.69) is 21.3 Å². The number of nitrogens with zero attached hydrogens (tertiary/aromatic N) is 1. The van der Waals surface area contributed by atoms with Gasteiger partial charge in [0.25, 0.3) is 5.91 Å². The van der Waals surface area contributed by atoms with Crippen molar-refractivity contribution < 1.29 is 33.4 Å². The minimum Gasteiger partial charge on any atom is -0.493 e. The van der Waals surface area contributed by atoms with Gasteiger partial charge in [0.05, 0.1) is 25.1 Å². The minimum absolute atomic E-state index is 0.111. The largest absolute Gasteiger partial charge is 0.493 e. The van der Waals surface area contributed by atoms with Crippen LogP contribution in [0.2, 0.25) is 0 Å². The van der Waals surface area contributed by atoms with Gasteiger partial charge in [-0.3, -0.25) is 24.0 Å². The number of rotatable bonds is 9. The van der Waals surface area contributed by atoms with Crippen LogP contribution in [-0.2, 0) is 25.6 Å². The van der Waals surface area contributed by atoms with Gasteiger partial charge < -0.3 is 35.6 Å². The molecule has 12 heteroatoms. The summed E-state index contributed by atoms with van der Waals surface area (Å²) in [5.74, 6) is -1.44. The van der Waals surface area contributed by atoms with Crippen molar-refractivity contribution in [2.24, 2.45) is 5.92 Å². The molecule has 53 heavy (non-hydrogen) atoms. The molecule has 0 bridgehead atoms. The maximum absolute atomic E-state index is 13.9. The van der Waals surface area contributed by atoms with Gasteiger partial charge in [-0.25, -0.2) is 0 Å². The number of carbonyl (C=O) groups excluding carboxylic acids is 5. The molecule has 0 saturated carbocycles. The third-order valence-corrected chi connectivity index (χ3v) is 8.83. The van der Waals surface area contributed by atoms with Gasteiger partial charge in [-0.05, 0) is 55.0 Å². The molecule has 0 saturated heterocycles. The van der Waals surface area contributed by atoms with Crippen molar-refractivity contribution in [1.82, 2.24) is 26.2 Å². The standard InChI is InChI=1S/C41H53N5O7/c1-29(2)26-35-41(51)46(3)23-14-4-5-15-24-53-36-21-13-12-20-32(36)38(48)44-34(39(49)42-22-25-52-31-18-10-7-11-19-31)28-37(47)43-33(40(50)45-35)27-30-16-8-6-9-17-30/h6-13,16-21,29,33-35H,4-5,14-15,22-28H2,1-3H3,(H,42,49)(H,43,47)(H,44,48)(H,45,50)/t33-,34-,35-/m0/s1. The van der Waals surface area contributed by atoms with Gasteiger partial charge in [0.15, 0.2) is 0 Å². The summed E-state index contributed by atoms with van der Waals surface area (Å²) in [6.45, 7) is 5.13. The molecular weight excluding hydrogens is 674 g/mol. The molecule has 1 heterocycles. The highest BCUT2D eigenvalue weighted by Crippen LogP contribution is 2.19. The first-order valence-corrected chi connectivity index (χ1v) is 18.5. The molecule has 3 aromatic carbocycles. The lowest BCUT2D eigenvalue weighted by atomic mass is 10.0. The lowest BCUT2D eigenvalue weighted by Crippen LogP contribution is -2.56. The van der Waals surface area contributed by atoms with E-state index in [-0.39, 0.29) is 37.0 Å². The molecule has 0 aromatic heterocycles. The van der Waals surface area contributed by atoms with Crippen molar-refractivity contribution in [1.29, 1.82) is 0 Å². The van der Waals surface area contributed by atoms with Gasteiger partial charge in [-0.15, -0.1) is 0 Å². The number of amides is 5. The highest BCUT2D eigenvalue weighted by Gasteiger charge is 2.31. The van der Waals surface area contributed by atoms with E-state index in [9.17, 15) is 24.0 Å². The number of ether oxygens (including phenoxy) is 2. The second-order valence-corrected chi connectivity index (χ2v) is 13.7. The monoisotopic (exact) mass is 727 g/mol. The van der Waals surface area contributed by atoms with E-state index < -0.39 is 48.2 Å². The summed E-state index contributed by atoms with van der Waals surface area (Å²) in [6, 6.07) is 21.9. The Kier molecular flexibility index (Phi) is 16.2. The van der Waals surface area contributed by atoms with Gasteiger partial charge in [-0.1, -0.05) is 87.4 Å². The van der Waals surface area contributed by atoms with E-state index in [0.717, 1.165) is 31.2 Å². The molecule has 0 unspecified atom stereocenters. The summed E-state index contributed by atoms with van der Waals surface area (Å²) in [7, 11) is 1.74. The number of nitrogens with one attached hydrogen (secondary N) is 4. The molecule has 12 nitrogen and oxygen atoms in total. The third-order valence-electron chi connectivity index (χ3n) is 8.83. The van der Waals surface area contributed by atoms with Crippen molar-refractivity contribution in [2.45, 2.75) is 76.9 Å². The lowest BCUT2D eigenvalue weighted by molar-refractivity contribution is -0.137. The van der Waals surface area contributed by atoms with Crippen LogP contribution in [-0.4, -0.2) is 85.9 Å². The lowest BCUT2D eigenvalue weighted by Gasteiger charge is -2.28. The average molecular weight is 728 g/mol. The molecule has 3 aromatic rings. The van der Waals surface area contributed by atoms with Crippen molar-refractivity contribution in [3.63, 3.8) is 0 Å². The minimum atomic E-state index is -1.30. The maximum Gasteiger partial charge on any atom is 0.255 e. The summed E-state index contributed by atoms with van der Waals surface area (Å²) in [4.78, 5) is 70.2. The number of fused-ring (bicyclic) bond motifs is 1. The summed E-state index contributed by atoms with van der Waals surface area (Å²) in [5, 5.41) is 11.2. The molecule has 0 spiro atoms.